The molecule has 0 aliphatic carbocycles. The van der Waals surface area contributed by atoms with E-state index in [1.807, 2.05) is 0 Å². The van der Waals surface area contributed by atoms with Gasteiger partial charge in [0.25, 0.3) is 5.56 Å². The Morgan fingerprint density at radius 1 is 1.05 bits per heavy atom. The molecule has 222 valence electrons. The first-order valence-electron chi connectivity index (χ1n) is 12.8. The first-order valence-corrected chi connectivity index (χ1v) is 14.4. The molecule has 0 radical (unpaired) electrons. The average Bonchev–Trinajstić information content (AvgIpc) is 3.25. The number of thiazole rings is 1. The van der Waals surface area contributed by atoms with Crippen LogP contribution >= 0.6 is 34.5 Å². The van der Waals surface area contributed by atoms with Gasteiger partial charge >= 0.3 is 11.9 Å². The van der Waals surface area contributed by atoms with Crippen molar-refractivity contribution >= 4 is 52.6 Å². The standard InChI is InChI=1S/C29H28Cl2N2O8S/c1-6-39-21-13-17(8-9-20(21)41-14-23(34)37-4)25-24(28(36)40-7-2)15(3)32-29-33(25)27(35)22(42-29)12-16-10-18(30)26(38-5)19(31)11-16/h8-13,25H,6-7,14H2,1-5H3/b22-12-/t25-/m0/s1. The maximum absolute atomic E-state index is 13.9. The molecule has 0 fully saturated rings. The highest BCUT2D eigenvalue weighted by Crippen LogP contribution is 2.37. The number of ether oxygens (including phenoxy) is 5. The van der Waals surface area contributed by atoms with Gasteiger partial charge in [-0.3, -0.25) is 9.36 Å². The summed E-state index contributed by atoms with van der Waals surface area (Å²) in [6.45, 7) is 5.30. The van der Waals surface area contributed by atoms with Gasteiger partial charge in [-0.2, -0.15) is 0 Å². The Balaban J connectivity index is 1.91. The topological polar surface area (TPSA) is 115 Å². The Labute approximate surface area is 255 Å². The second-order valence-corrected chi connectivity index (χ2v) is 10.6. The zero-order valence-corrected chi connectivity index (χ0v) is 25.8. The van der Waals surface area contributed by atoms with Crippen LogP contribution in [0, 0.1) is 0 Å². The quantitative estimate of drug-likeness (QED) is 0.307. The maximum Gasteiger partial charge on any atom is 0.343 e. The van der Waals surface area contributed by atoms with E-state index >= 15 is 0 Å². The molecule has 1 aliphatic heterocycles. The third kappa shape index (κ3) is 6.33. The highest BCUT2D eigenvalue weighted by atomic mass is 35.5. The van der Waals surface area contributed by atoms with E-state index in [4.69, 9.17) is 42.1 Å². The fourth-order valence-electron chi connectivity index (χ4n) is 4.39. The Morgan fingerprint density at radius 2 is 1.76 bits per heavy atom. The van der Waals surface area contributed by atoms with Crippen LogP contribution in [0.2, 0.25) is 10.0 Å². The minimum atomic E-state index is -0.889. The molecular weight excluding hydrogens is 607 g/mol. The van der Waals surface area contributed by atoms with Gasteiger partial charge in [-0.15, -0.1) is 0 Å². The molecule has 0 amide bonds. The fourth-order valence-corrected chi connectivity index (χ4v) is 6.10. The van der Waals surface area contributed by atoms with E-state index in [1.54, 1.807) is 57.2 Å². The van der Waals surface area contributed by atoms with Crippen molar-refractivity contribution in [2.45, 2.75) is 26.8 Å². The summed E-state index contributed by atoms with van der Waals surface area (Å²) >= 11 is 13.8. The Morgan fingerprint density at radius 3 is 2.38 bits per heavy atom. The molecule has 2 aromatic carbocycles. The Kier molecular flexibility index (Phi) is 9.97. The molecule has 0 unspecified atom stereocenters. The Hall–Kier alpha value is -3.80. The predicted molar refractivity (Wildman–Crippen MR) is 159 cm³/mol. The van der Waals surface area contributed by atoms with Crippen molar-refractivity contribution in [2.24, 2.45) is 4.99 Å². The zero-order chi connectivity index (χ0) is 30.6. The van der Waals surface area contributed by atoms with Crippen molar-refractivity contribution < 1.29 is 33.3 Å². The van der Waals surface area contributed by atoms with E-state index in [-0.39, 0.29) is 24.3 Å². The van der Waals surface area contributed by atoms with Gasteiger partial charge in [0.1, 0.15) is 0 Å². The number of rotatable bonds is 10. The van der Waals surface area contributed by atoms with Gasteiger partial charge in [-0.25, -0.2) is 14.6 Å². The summed E-state index contributed by atoms with van der Waals surface area (Å²) < 4.78 is 28.4. The largest absolute Gasteiger partial charge is 0.494 e. The van der Waals surface area contributed by atoms with Crippen molar-refractivity contribution in [3.63, 3.8) is 0 Å². The molecule has 0 bridgehead atoms. The summed E-state index contributed by atoms with van der Waals surface area (Å²) in [4.78, 5) is 43.8. The number of carbonyl (C=O) groups excluding carboxylic acids is 2. The number of benzene rings is 2. The van der Waals surface area contributed by atoms with Gasteiger partial charge < -0.3 is 23.7 Å². The summed E-state index contributed by atoms with van der Waals surface area (Å²) in [5, 5.41) is 0.584. The number of carbonyl (C=O) groups is 2. The molecule has 10 nitrogen and oxygen atoms in total. The van der Waals surface area contributed by atoms with Crippen LogP contribution in [0.4, 0.5) is 0 Å². The van der Waals surface area contributed by atoms with Crippen molar-refractivity contribution in [3.05, 3.63) is 82.5 Å². The summed E-state index contributed by atoms with van der Waals surface area (Å²) in [6.07, 6.45) is 1.65. The lowest BCUT2D eigenvalue weighted by Gasteiger charge is -2.25. The molecule has 4 rings (SSSR count). The lowest BCUT2D eigenvalue weighted by molar-refractivity contribution is -0.143. The van der Waals surface area contributed by atoms with E-state index < -0.39 is 18.0 Å². The number of halogens is 2. The lowest BCUT2D eigenvalue weighted by Crippen LogP contribution is -2.40. The van der Waals surface area contributed by atoms with Crippen molar-refractivity contribution in [1.82, 2.24) is 4.57 Å². The monoisotopic (exact) mass is 634 g/mol. The number of aromatic nitrogens is 1. The molecule has 13 heteroatoms. The van der Waals surface area contributed by atoms with Crippen LogP contribution in [0.5, 0.6) is 17.2 Å². The fraction of sp³-hybridized carbons (Fsp3) is 0.310. The smallest absolute Gasteiger partial charge is 0.343 e. The summed E-state index contributed by atoms with van der Waals surface area (Å²) in [6, 6.07) is 7.35. The van der Waals surface area contributed by atoms with E-state index in [2.05, 4.69) is 9.73 Å². The molecular formula is C29H28Cl2N2O8S. The molecule has 0 saturated carbocycles. The van der Waals surface area contributed by atoms with Gasteiger partial charge in [0.15, 0.2) is 28.7 Å². The first kappa shape index (κ1) is 31.1. The molecule has 1 aliphatic rings. The summed E-state index contributed by atoms with van der Waals surface area (Å²) in [5.41, 5.74) is 1.36. The molecule has 0 saturated heterocycles. The third-order valence-corrected chi connectivity index (χ3v) is 7.74. The van der Waals surface area contributed by atoms with Crippen LogP contribution < -0.4 is 29.1 Å². The normalized spacial score (nSPS) is 14.6. The van der Waals surface area contributed by atoms with Crippen LogP contribution in [-0.4, -0.2) is 50.5 Å². The second-order valence-electron chi connectivity index (χ2n) is 8.82. The van der Waals surface area contributed by atoms with E-state index in [1.165, 1.54) is 18.8 Å². The van der Waals surface area contributed by atoms with Crippen LogP contribution in [0.1, 0.15) is 37.9 Å². The molecule has 42 heavy (non-hydrogen) atoms. The summed E-state index contributed by atoms with van der Waals surface area (Å²) in [7, 11) is 2.72. The molecule has 0 spiro atoms. The number of esters is 2. The first-order chi connectivity index (χ1) is 20.1. The van der Waals surface area contributed by atoms with Crippen molar-refractivity contribution in [2.75, 3.05) is 34.0 Å². The summed E-state index contributed by atoms with van der Waals surface area (Å²) in [5.74, 6) is -0.214. The molecule has 0 N–H and O–H groups in total. The number of nitrogens with zero attached hydrogens (tertiary/aromatic N) is 2. The van der Waals surface area contributed by atoms with E-state index in [0.29, 0.717) is 60.1 Å². The van der Waals surface area contributed by atoms with Gasteiger partial charge in [-0.1, -0.05) is 40.6 Å². The highest BCUT2D eigenvalue weighted by molar-refractivity contribution is 7.07. The number of fused-ring (bicyclic) bond motifs is 1. The van der Waals surface area contributed by atoms with Crippen LogP contribution in [0.3, 0.4) is 0 Å². The minimum Gasteiger partial charge on any atom is -0.494 e. The second kappa shape index (κ2) is 13.5. The van der Waals surface area contributed by atoms with Crippen LogP contribution in [-0.2, 0) is 19.1 Å². The van der Waals surface area contributed by atoms with Crippen LogP contribution in [0.15, 0.2) is 51.4 Å². The van der Waals surface area contributed by atoms with Gasteiger partial charge in [0.2, 0.25) is 0 Å². The number of allylic oxidation sites excluding steroid dienone is 1. The molecule has 1 atom stereocenters. The van der Waals surface area contributed by atoms with Crippen molar-refractivity contribution in [3.8, 4) is 17.2 Å². The average molecular weight is 636 g/mol. The highest BCUT2D eigenvalue weighted by Gasteiger charge is 2.34. The number of hydrogen-bond acceptors (Lipinski definition) is 10. The minimum absolute atomic E-state index is 0.135. The van der Waals surface area contributed by atoms with E-state index in [0.717, 1.165) is 11.3 Å². The number of methoxy groups -OCH3 is 2. The lowest BCUT2D eigenvalue weighted by atomic mass is 9.95. The predicted octanol–water partition coefficient (Wildman–Crippen LogP) is 4.06. The van der Waals surface area contributed by atoms with E-state index in [9.17, 15) is 14.4 Å². The van der Waals surface area contributed by atoms with Gasteiger partial charge in [0.05, 0.1) is 59.3 Å². The maximum atomic E-state index is 13.9. The molecule has 1 aromatic heterocycles. The van der Waals surface area contributed by atoms with Gasteiger partial charge in [0, 0.05) is 0 Å². The SMILES string of the molecule is CCOC(=O)C1=C(C)N=c2s/c(=C\c3cc(Cl)c(OC)c(Cl)c3)c(=O)n2[C@H]1c1ccc(OCC(=O)OC)c(OCC)c1. The Bertz CT molecular complexity index is 1720. The molecule has 2 heterocycles. The molecule has 3 aromatic rings. The van der Waals surface area contributed by atoms with Crippen LogP contribution in [0.25, 0.3) is 6.08 Å². The number of hydrogen-bond donors (Lipinski definition) is 0. The third-order valence-electron chi connectivity index (χ3n) is 6.20. The zero-order valence-electron chi connectivity index (χ0n) is 23.5. The van der Waals surface area contributed by atoms with Gasteiger partial charge in [-0.05, 0) is 62.2 Å². The van der Waals surface area contributed by atoms with Crippen molar-refractivity contribution in [1.29, 1.82) is 0 Å².